The lowest BCUT2D eigenvalue weighted by Crippen LogP contribution is -2.27. The van der Waals surface area contributed by atoms with Crippen molar-refractivity contribution in [2.24, 2.45) is 0 Å². The molecule has 0 heterocycles. The maximum absolute atomic E-state index is 13.7. The molecule has 0 fully saturated rings. The van der Waals surface area contributed by atoms with Crippen molar-refractivity contribution in [3.05, 3.63) is 106 Å². The first-order chi connectivity index (χ1) is 13.4. The Hall–Kier alpha value is -2.41. The standard InChI is InChI=1S/C28H33F/c1-26(2,3)21-10-8-12-23(18-21)28(7,20-14-16-25(29)17-15-20)24-13-9-11-22(19-24)27(4,5)6/h8-19H,1-7H3. The van der Waals surface area contributed by atoms with Crippen molar-refractivity contribution in [3.8, 4) is 0 Å². The molecule has 0 atom stereocenters. The van der Waals surface area contributed by atoms with Gasteiger partial charge in [-0.05, 0) is 57.7 Å². The van der Waals surface area contributed by atoms with Gasteiger partial charge < -0.3 is 0 Å². The SMILES string of the molecule is CC(C)(C)c1cccc(C(C)(c2ccc(F)cc2)c2cccc(C(C)(C)C)c2)c1. The summed E-state index contributed by atoms with van der Waals surface area (Å²) in [5.74, 6) is -0.206. The van der Waals surface area contributed by atoms with E-state index in [1.807, 2.05) is 12.1 Å². The molecular formula is C28H33F. The largest absolute Gasteiger partial charge is 0.207 e. The molecule has 0 unspecified atom stereocenters. The number of halogens is 1. The molecule has 0 N–H and O–H groups in total. The van der Waals surface area contributed by atoms with Crippen LogP contribution < -0.4 is 0 Å². The molecule has 0 amide bonds. The molecule has 1 heteroatoms. The summed E-state index contributed by atoms with van der Waals surface area (Å²) in [6.45, 7) is 15.7. The van der Waals surface area contributed by atoms with Crippen molar-refractivity contribution in [2.75, 3.05) is 0 Å². The van der Waals surface area contributed by atoms with Crippen molar-refractivity contribution in [2.45, 2.75) is 64.7 Å². The van der Waals surface area contributed by atoms with Gasteiger partial charge in [-0.25, -0.2) is 4.39 Å². The van der Waals surface area contributed by atoms with E-state index in [4.69, 9.17) is 0 Å². The van der Waals surface area contributed by atoms with Crippen LogP contribution in [0.15, 0.2) is 72.8 Å². The van der Waals surface area contributed by atoms with Gasteiger partial charge in [0.15, 0.2) is 0 Å². The van der Waals surface area contributed by atoms with Crippen molar-refractivity contribution in [1.82, 2.24) is 0 Å². The summed E-state index contributed by atoms with van der Waals surface area (Å²) in [6.07, 6.45) is 0. The summed E-state index contributed by atoms with van der Waals surface area (Å²) in [5, 5.41) is 0. The van der Waals surface area contributed by atoms with E-state index in [9.17, 15) is 4.39 Å². The van der Waals surface area contributed by atoms with E-state index in [1.165, 1.54) is 22.3 Å². The molecular weight excluding hydrogens is 355 g/mol. The van der Waals surface area contributed by atoms with E-state index in [1.54, 1.807) is 12.1 Å². The van der Waals surface area contributed by atoms with Crippen LogP contribution >= 0.6 is 0 Å². The molecule has 0 saturated heterocycles. The Morgan fingerprint density at radius 1 is 0.483 bits per heavy atom. The summed E-state index contributed by atoms with van der Waals surface area (Å²) in [7, 11) is 0. The third kappa shape index (κ3) is 4.29. The van der Waals surface area contributed by atoms with Crippen LogP contribution in [0.5, 0.6) is 0 Å². The van der Waals surface area contributed by atoms with E-state index in [2.05, 4.69) is 97.0 Å². The molecule has 0 saturated carbocycles. The molecule has 29 heavy (non-hydrogen) atoms. The fourth-order valence-electron chi connectivity index (χ4n) is 3.88. The average molecular weight is 389 g/mol. The number of hydrogen-bond acceptors (Lipinski definition) is 0. The predicted octanol–water partition coefficient (Wildman–Crippen LogP) is 7.78. The molecule has 152 valence electrons. The van der Waals surface area contributed by atoms with Gasteiger partial charge in [0.2, 0.25) is 0 Å². The van der Waals surface area contributed by atoms with Crippen molar-refractivity contribution < 1.29 is 4.39 Å². The fourth-order valence-corrected chi connectivity index (χ4v) is 3.88. The Bertz CT molecular complexity index is 924. The first-order valence-electron chi connectivity index (χ1n) is 10.4. The third-order valence-corrected chi connectivity index (χ3v) is 6.03. The maximum atomic E-state index is 13.7. The number of hydrogen-bond donors (Lipinski definition) is 0. The highest BCUT2D eigenvalue weighted by atomic mass is 19.1. The van der Waals surface area contributed by atoms with Gasteiger partial charge in [-0.2, -0.15) is 0 Å². The molecule has 0 radical (unpaired) electrons. The molecule has 3 rings (SSSR count). The van der Waals surface area contributed by atoms with E-state index in [0.29, 0.717) is 0 Å². The molecule has 0 aliphatic heterocycles. The molecule has 0 spiro atoms. The van der Waals surface area contributed by atoms with Gasteiger partial charge in [-0.1, -0.05) is 102 Å². The highest BCUT2D eigenvalue weighted by Crippen LogP contribution is 2.41. The monoisotopic (exact) mass is 388 g/mol. The number of rotatable bonds is 3. The van der Waals surface area contributed by atoms with E-state index < -0.39 is 0 Å². The topological polar surface area (TPSA) is 0 Å². The molecule has 3 aromatic rings. The summed E-state index contributed by atoms with van der Waals surface area (Å²) < 4.78 is 13.7. The summed E-state index contributed by atoms with van der Waals surface area (Å²) in [5.41, 5.74) is 5.89. The predicted molar refractivity (Wildman–Crippen MR) is 122 cm³/mol. The van der Waals surface area contributed by atoms with Gasteiger partial charge >= 0.3 is 0 Å². The summed E-state index contributed by atoms with van der Waals surface area (Å²) in [4.78, 5) is 0. The minimum absolute atomic E-state index is 0.0625. The van der Waals surface area contributed by atoms with Crippen LogP contribution in [0, 0.1) is 5.82 Å². The van der Waals surface area contributed by atoms with Crippen LogP contribution in [0.3, 0.4) is 0 Å². The second-order valence-electron chi connectivity index (χ2n) is 10.3. The Balaban J connectivity index is 2.28. The van der Waals surface area contributed by atoms with Crippen molar-refractivity contribution in [1.29, 1.82) is 0 Å². The highest BCUT2D eigenvalue weighted by Gasteiger charge is 2.33. The molecule has 0 nitrogen and oxygen atoms in total. The quantitative estimate of drug-likeness (QED) is 0.402. The summed E-state index contributed by atoms with van der Waals surface area (Å²) in [6, 6.07) is 24.7. The second-order valence-corrected chi connectivity index (χ2v) is 10.3. The smallest absolute Gasteiger partial charge is 0.123 e. The lowest BCUT2D eigenvalue weighted by Gasteiger charge is -2.34. The zero-order valence-corrected chi connectivity index (χ0v) is 18.8. The molecule has 0 aromatic heterocycles. The lowest BCUT2D eigenvalue weighted by molar-refractivity contribution is 0.581. The molecule has 3 aromatic carbocycles. The molecule has 0 aliphatic rings. The maximum Gasteiger partial charge on any atom is 0.123 e. The van der Waals surface area contributed by atoms with Crippen LogP contribution in [0.4, 0.5) is 4.39 Å². The van der Waals surface area contributed by atoms with Crippen LogP contribution in [-0.2, 0) is 16.2 Å². The van der Waals surface area contributed by atoms with Gasteiger partial charge in [-0.15, -0.1) is 0 Å². The first-order valence-corrected chi connectivity index (χ1v) is 10.4. The van der Waals surface area contributed by atoms with Gasteiger partial charge in [0.05, 0.1) is 0 Å². The van der Waals surface area contributed by atoms with Crippen molar-refractivity contribution in [3.63, 3.8) is 0 Å². The van der Waals surface area contributed by atoms with Gasteiger partial charge in [0, 0.05) is 5.41 Å². The Morgan fingerprint density at radius 2 is 0.862 bits per heavy atom. The minimum atomic E-state index is -0.379. The zero-order valence-electron chi connectivity index (χ0n) is 18.8. The Labute approximate surface area is 175 Å². The van der Waals surface area contributed by atoms with Gasteiger partial charge in [-0.3, -0.25) is 0 Å². The van der Waals surface area contributed by atoms with Crippen LogP contribution in [0.1, 0.15) is 76.3 Å². The van der Waals surface area contributed by atoms with Crippen LogP contribution in [0.25, 0.3) is 0 Å². The van der Waals surface area contributed by atoms with E-state index in [0.717, 1.165) is 5.56 Å². The third-order valence-electron chi connectivity index (χ3n) is 6.03. The number of benzene rings is 3. The normalized spacial score (nSPS) is 12.8. The molecule has 0 aliphatic carbocycles. The van der Waals surface area contributed by atoms with Crippen molar-refractivity contribution >= 4 is 0 Å². The average Bonchev–Trinajstić information content (AvgIpc) is 2.67. The van der Waals surface area contributed by atoms with E-state index in [-0.39, 0.29) is 22.1 Å². The minimum Gasteiger partial charge on any atom is -0.207 e. The highest BCUT2D eigenvalue weighted by molar-refractivity contribution is 5.52. The van der Waals surface area contributed by atoms with Crippen LogP contribution in [-0.4, -0.2) is 0 Å². The molecule has 0 bridgehead atoms. The Kier molecular flexibility index (Phi) is 5.47. The van der Waals surface area contributed by atoms with Crippen LogP contribution in [0.2, 0.25) is 0 Å². The van der Waals surface area contributed by atoms with Gasteiger partial charge in [0.25, 0.3) is 0 Å². The first kappa shape index (κ1) is 21.3. The second kappa shape index (κ2) is 7.44. The zero-order chi connectivity index (χ0) is 21.4. The Morgan fingerprint density at radius 3 is 1.24 bits per heavy atom. The summed E-state index contributed by atoms with van der Waals surface area (Å²) >= 11 is 0. The fraction of sp³-hybridized carbons (Fsp3) is 0.357. The lowest BCUT2D eigenvalue weighted by atomic mass is 9.69. The van der Waals surface area contributed by atoms with Gasteiger partial charge in [0.1, 0.15) is 5.82 Å². The van der Waals surface area contributed by atoms with E-state index >= 15 is 0 Å².